The summed E-state index contributed by atoms with van der Waals surface area (Å²) in [6.45, 7) is 4.49. The van der Waals surface area contributed by atoms with Crippen LogP contribution in [-0.2, 0) is 12.8 Å². The van der Waals surface area contributed by atoms with Gasteiger partial charge in [0, 0.05) is 44.2 Å². The minimum absolute atomic E-state index is 0.00379. The summed E-state index contributed by atoms with van der Waals surface area (Å²) in [6, 6.07) is 13.0. The number of hydrogen-bond donors (Lipinski definition) is 2. The van der Waals surface area contributed by atoms with E-state index in [2.05, 4.69) is 10.2 Å². The highest BCUT2D eigenvalue weighted by molar-refractivity contribution is 5.33. The molecule has 7 heteroatoms. The van der Waals surface area contributed by atoms with Crippen LogP contribution < -0.4 is 10.1 Å². The van der Waals surface area contributed by atoms with Gasteiger partial charge >= 0.3 is 6.18 Å². The van der Waals surface area contributed by atoms with Gasteiger partial charge in [-0.05, 0) is 36.6 Å². The van der Waals surface area contributed by atoms with Crippen molar-refractivity contribution in [2.75, 3.05) is 32.7 Å². The summed E-state index contributed by atoms with van der Waals surface area (Å²) in [5, 5.41) is 14.9. The Kier molecular flexibility index (Phi) is 7.62. The van der Waals surface area contributed by atoms with E-state index in [1.165, 1.54) is 12.1 Å². The van der Waals surface area contributed by atoms with Gasteiger partial charge in [-0.1, -0.05) is 49.6 Å². The molecule has 33 heavy (non-hydrogen) atoms. The standard InChI is InChI=1S/C26H33F3N2O2/c27-26(28,29)23-7-3-2-6-21(23)19-33-22-10-8-20(9-11-22)24(18-31-16-14-30-15-17-31)25(32)12-4-1-5-13-25/h2-3,6-11,24,30,32H,1,4-5,12-19H2. The summed E-state index contributed by atoms with van der Waals surface area (Å²) < 4.78 is 45.4. The van der Waals surface area contributed by atoms with E-state index in [-0.39, 0.29) is 18.1 Å². The first-order valence-electron chi connectivity index (χ1n) is 11.9. The van der Waals surface area contributed by atoms with Crippen LogP contribution in [0.15, 0.2) is 48.5 Å². The summed E-state index contributed by atoms with van der Waals surface area (Å²) in [7, 11) is 0. The van der Waals surface area contributed by atoms with E-state index < -0.39 is 17.3 Å². The third-order valence-corrected chi connectivity index (χ3v) is 7.02. The van der Waals surface area contributed by atoms with E-state index in [0.29, 0.717) is 5.75 Å². The fraction of sp³-hybridized carbons (Fsp3) is 0.538. The molecule has 1 unspecified atom stereocenters. The molecule has 2 fully saturated rings. The summed E-state index contributed by atoms with van der Waals surface area (Å²) >= 11 is 0. The second-order valence-electron chi connectivity index (χ2n) is 9.28. The van der Waals surface area contributed by atoms with E-state index >= 15 is 0 Å². The molecule has 2 aromatic carbocycles. The predicted molar refractivity (Wildman–Crippen MR) is 122 cm³/mol. The molecule has 1 saturated heterocycles. The van der Waals surface area contributed by atoms with E-state index in [9.17, 15) is 18.3 Å². The molecule has 1 saturated carbocycles. The molecule has 0 amide bonds. The minimum Gasteiger partial charge on any atom is -0.489 e. The third kappa shape index (κ3) is 6.08. The Morgan fingerprint density at radius 2 is 1.64 bits per heavy atom. The molecule has 1 heterocycles. The van der Waals surface area contributed by atoms with Crippen molar-refractivity contribution < 1.29 is 23.0 Å². The van der Waals surface area contributed by atoms with Crippen molar-refractivity contribution in [1.29, 1.82) is 0 Å². The molecule has 1 aliphatic heterocycles. The maximum Gasteiger partial charge on any atom is 0.416 e. The lowest BCUT2D eigenvalue weighted by molar-refractivity contribution is -0.138. The largest absolute Gasteiger partial charge is 0.489 e. The van der Waals surface area contributed by atoms with Crippen molar-refractivity contribution in [3.05, 3.63) is 65.2 Å². The molecule has 1 atom stereocenters. The number of alkyl halides is 3. The van der Waals surface area contributed by atoms with Gasteiger partial charge < -0.3 is 20.1 Å². The summed E-state index contributed by atoms with van der Waals surface area (Å²) in [5.41, 5.74) is -0.225. The minimum atomic E-state index is -4.41. The SMILES string of the molecule is OC1(C(CN2CCNCC2)c2ccc(OCc3ccccc3C(F)(F)F)cc2)CCCCC1. The second kappa shape index (κ2) is 10.5. The molecule has 2 aromatic rings. The Bertz CT molecular complexity index is 889. The van der Waals surface area contributed by atoms with Crippen molar-refractivity contribution in [3.63, 3.8) is 0 Å². The first-order chi connectivity index (χ1) is 15.9. The van der Waals surface area contributed by atoms with Gasteiger partial charge in [-0.15, -0.1) is 0 Å². The third-order valence-electron chi connectivity index (χ3n) is 7.02. The normalized spacial score (nSPS) is 20.4. The first kappa shape index (κ1) is 24.0. The van der Waals surface area contributed by atoms with E-state index in [4.69, 9.17) is 4.74 Å². The first-order valence-corrected chi connectivity index (χ1v) is 11.9. The van der Waals surface area contributed by atoms with Crippen molar-refractivity contribution in [3.8, 4) is 5.75 Å². The van der Waals surface area contributed by atoms with Gasteiger partial charge in [0.15, 0.2) is 0 Å². The number of benzene rings is 2. The van der Waals surface area contributed by atoms with Crippen LogP contribution in [0.1, 0.15) is 54.7 Å². The van der Waals surface area contributed by atoms with Crippen molar-refractivity contribution in [2.24, 2.45) is 0 Å². The lowest BCUT2D eigenvalue weighted by atomic mass is 9.72. The highest BCUT2D eigenvalue weighted by atomic mass is 19.4. The number of halogens is 3. The number of ether oxygens (including phenoxy) is 1. The Hall–Kier alpha value is -2.09. The second-order valence-corrected chi connectivity index (χ2v) is 9.28. The predicted octanol–water partition coefficient (Wildman–Crippen LogP) is 4.97. The fourth-order valence-corrected chi connectivity index (χ4v) is 5.13. The molecule has 2 N–H and O–H groups in total. The molecule has 4 nitrogen and oxygen atoms in total. The molecule has 4 rings (SSSR count). The van der Waals surface area contributed by atoms with Gasteiger partial charge in [-0.3, -0.25) is 0 Å². The quantitative estimate of drug-likeness (QED) is 0.610. The van der Waals surface area contributed by atoms with E-state index in [1.807, 2.05) is 24.3 Å². The van der Waals surface area contributed by atoms with Gasteiger partial charge in [0.05, 0.1) is 11.2 Å². The van der Waals surface area contributed by atoms with Crippen molar-refractivity contribution >= 4 is 0 Å². The molecule has 0 radical (unpaired) electrons. The highest BCUT2D eigenvalue weighted by Gasteiger charge is 2.39. The number of nitrogens with one attached hydrogen (secondary N) is 1. The van der Waals surface area contributed by atoms with Crippen LogP contribution in [-0.4, -0.2) is 48.3 Å². The van der Waals surface area contributed by atoms with E-state index in [0.717, 1.165) is 76.5 Å². The van der Waals surface area contributed by atoms with Crippen molar-refractivity contribution in [1.82, 2.24) is 10.2 Å². The van der Waals surface area contributed by atoms with Crippen LogP contribution in [0.5, 0.6) is 5.75 Å². The Labute approximate surface area is 193 Å². The monoisotopic (exact) mass is 462 g/mol. The lowest BCUT2D eigenvalue weighted by Gasteiger charge is -2.42. The zero-order valence-corrected chi connectivity index (χ0v) is 18.9. The number of rotatable bonds is 7. The summed E-state index contributed by atoms with van der Waals surface area (Å²) in [4.78, 5) is 2.41. The van der Waals surface area contributed by atoms with Gasteiger partial charge in [-0.2, -0.15) is 13.2 Å². The zero-order valence-electron chi connectivity index (χ0n) is 18.9. The number of nitrogens with zero attached hydrogens (tertiary/aromatic N) is 1. The van der Waals surface area contributed by atoms with Crippen LogP contribution in [0.3, 0.4) is 0 Å². The van der Waals surface area contributed by atoms with Crippen LogP contribution in [0.4, 0.5) is 13.2 Å². The molecule has 2 aliphatic rings. The number of piperazine rings is 1. The molecule has 0 aromatic heterocycles. The van der Waals surface area contributed by atoms with Crippen LogP contribution in [0.25, 0.3) is 0 Å². The molecule has 1 aliphatic carbocycles. The van der Waals surface area contributed by atoms with Gasteiger partial charge in [0.1, 0.15) is 12.4 Å². The molecule has 180 valence electrons. The van der Waals surface area contributed by atoms with Gasteiger partial charge in [0.25, 0.3) is 0 Å². The molecule has 0 spiro atoms. The van der Waals surface area contributed by atoms with Gasteiger partial charge in [0.2, 0.25) is 0 Å². The average Bonchev–Trinajstić information content (AvgIpc) is 2.82. The summed E-state index contributed by atoms with van der Waals surface area (Å²) in [6.07, 6.45) is 0.431. The van der Waals surface area contributed by atoms with Crippen molar-refractivity contribution in [2.45, 2.75) is 56.4 Å². The molecule has 0 bridgehead atoms. The van der Waals surface area contributed by atoms with E-state index in [1.54, 1.807) is 6.07 Å². The van der Waals surface area contributed by atoms with Crippen LogP contribution >= 0.6 is 0 Å². The zero-order chi connectivity index (χ0) is 23.3. The smallest absolute Gasteiger partial charge is 0.416 e. The van der Waals surface area contributed by atoms with Crippen LogP contribution in [0.2, 0.25) is 0 Å². The van der Waals surface area contributed by atoms with Gasteiger partial charge in [-0.25, -0.2) is 0 Å². The number of aliphatic hydroxyl groups is 1. The Morgan fingerprint density at radius 1 is 0.970 bits per heavy atom. The Morgan fingerprint density at radius 3 is 2.30 bits per heavy atom. The molecular weight excluding hydrogens is 429 g/mol. The fourth-order valence-electron chi connectivity index (χ4n) is 5.13. The maximum absolute atomic E-state index is 13.2. The lowest BCUT2D eigenvalue weighted by Crippen LogP contribution is -2.49. The topological polar surface area (TPSA) is 44.7 Å². The van der Waals surface area contributed by atoms with Crippen LogP contribution in [0, 0.1) is 0 Å². The molecular formula is C26H33F3N2O2. The average molecular weight is 463 g/mol. The maximum atomic E-state index is 13.2. The Balaban J connectivity index is 1.48. The number of hydrogen-bond acceptors (Lipinski definition) is 4. The highest BCUT2D eigenvalue weighted by Crippen LogP contribution is 2.41. The summed E-state index contributed by atoms with van der Waals surface area (Å²) in [5.74, 6) is 0.517.